The molecule has 2 nitrogen and oxygen atoms in total. The molecule has 0 saturated carbocycles. The number of rotatable bonds is 2. The third-order valence-corrected chi connectivity index (χ3v) is 3.43. The van der Waals surface area contributed by atoms with Gasteiger partial charge in [-0.25, -0.2) is 0 Å². The van der Waals surface area contributed by atoms with E-state index in [4.69, 9.17) is 5.73 Å². The van der Waals surface area contributed by atoms with Crippen molar-refractivity contribution in [1.82, 2.24) is 4.98 Å². The van der Waals surface area contributed by atoms with E-state index < -0.39 is 0 Å². The molecular weight excluding hydrogens is 232 g/mol. The highest BCUT2D eigenvalue weighted by molar-refractivity contribution is 5.83. The summed E-state index contributed by atoms with van der Waals surface area (Å²) in [5.41, 5.74) is 10.9. The first-order valence-electron chi connectivity index (χ1n) is 6.94. The molecule has 0 radical (unpaired) electrons. The molecule has 1 atom stereocenters. The van der Waals surface area contributed by atoms with Crippen molar-refractivity contribution in [2.45, 2.75) is 52.5 Å². The van der Waals surface area contributed by atoms with Gasteiger partial charge < -0.3 is 5.73 Å². The quantitative estimate of drug-likeness (QED) is 0.889. The van der Waals surface area contributed by atoms with Gasteiger partial charge >= 0.3 is 0 Å². The van der Waals surface area contributed by atoms with Gasteiger partial charge in [0.25, 0.3) is 0 Å². The van der Waals surface area contributed by atoms with E-state index in [1.807, 2.05) is 6.92 Å². The topological polar surface area (TPSA) is 38.9 Å². The molecule has 0 amide bonds. The minimum atomic E-state index is 0.157. The maximum Gasteiger partial charge on any atom is 0.0708 e. The van der Waals surface area contributed by atoms with Gasteiger partial charge in [-0.05, 0) is 55.0 Å². The molecule has 2 heteroatoms. The molecule has 1 heterocycles. The highest BCUT2D eigenvalue weighted by Crippen LogP contribution is 2.28. The summed E-state index contributed by atoms with van der Waals surface area (Å²) >= 11 is 0. The minimum absolute atomic E-state index is 0.157. The Morgan fingerprint density at radius 3 is 2.47 bits per heavy atom. The second kappa shape index (κ2) is 4.93. The zero-order valence-electron chi connectivity index (χ0n) is 12.6. The van der Waals surface area contributed by atoms with Crippen molar-refractivity contribution in [3.05, 3.63) is 41.1 Å². The number of nitrogens with zero attached hydrogens (tertiary/aromatic N) is 1. The largest absolute Gasteiger partial charge is 0.328 e. The van der Waals surface area contributed by atoms with Crippen molar-refractivity contribution in [2.24, 2.45) is 5.73 Å². The maximum atomic E-state index is 5.97. The van der Waals surface area contributed by atoms with Crippen molar-refractivity contribution >= 4 is 10.9 Å². The number of fused-ring (bicyclic) bond motifs is 1. The standard InChI is InChI=1S/C17H24N2/c1-11(18)8-13-9-12(2)19-16-7-6-14(10-15(13)16)17(3,4)5/h6-7,9-11H,8,18H2,1-5H3. The molecule has 2 rings (SSSR count). The van der Waals surface area contributed by atoms with Gasteiger partial charge in [0.15, 0.2) is 0 Å². The molecule has 0 aliphatic heterocycles. The number of aromatic nitrogens is 1. The fraction of sp³-hybridized carbons (Fsp3) is 0.471. The molecule has 2 aromatic rings. The minimum Gasteiger partial charge on any atom is -0.328 e. The third-order valence-electron chi connectivity index (χ3n) is 3.43. The summed E-state index contributed by atoms with van der Waals surface area (Å²) in [6.07, 6.45) is 0.896. The summed E-state index contributed by atoms with van der Waals surface area (Å²) < 4.78 is 0. The highest BCUT2D eigenvalue weighted by atomic mass is 14.7. The Morgan fingerprint density at radius 2 is 1.89 bits per heavy atom. The smallest absolute Gasteiger partial charge is 0.0708 e. The van der Waals surface area contributed by atoms with Crippen molar-refractivity contribution in [3.63, 3.8) is 0 Å². The van der Waals surface area contributed by atoms with Crippen LogP contribution in [0.3, 0.4) is 0 Å². The summed E-state index contributed by atoms with van der Waals surface area (Å²) in [4.78, 5) is 4.63. The van der Waals surface area contributed by atoms with Crippen LogP contribution in [0.2, 0.25) is 0 Å². The molecule has 0 saturated heterocycles. The number of pyridine rings is 1. The van der Waals surface area contributed by atoms with Crippen molar-refractivity contribution < 1.29 is 0 Å². The second-order valence-corrected chi connectivity index (χ2v) is 6.59. The molecule has 0 aliphatic carbocycles. The molecule has 0 bridgehead atoms. The lowest BCUT2D eigenvalue weighted by Crippen LogP contribution is -2.18. The van der Waals surface area contributed by atoms with Crippen LogP contribution >= 0.6 is 0 Å². The molecule has 2 N–H and O–H groups in total. The Hall–Kier alpha value is -1.41. The van der Waals surface area contributed by atoms with Crippen LogP contribution in [-0.2, 0) is 11.8 Å². The number of nitrogens with two attached hydrogens (primary N) is 1. The van der Waals surface area contributed by atoms with E-state index in [1.165, 1.54) is 16.5 Å². The lowest BCUT2D eigenvalue weighted by molar-refractivity contribution is 0.591. The van der Waals surface area contributed by atoms with Gasteiger partial charge in [0, 0.05) is 17.1 Å². The lowest BCUT2D eigenvalue weighted by Gasteiger charge is -2.20. The van der Waals surface area contributed by atoms with E-state index >= 15 is 0 Å². The van der Waals surface area contributed by atoms with E-state index in [1.54, 1.807) is 0 Å². The summed E-state index contributed by atoms with van der Waals surface area (Å²) in [6.45, 7) is 10.8. The Bertz CT molecular complexity index is 592. The van der Waals surface area contributed by atoms with E-state index in [-0.39, 0.29) is 11.5 Å². The fourth-order valence-electron chi connectivity index (χ4n) is 2.43. The molecule has 0 fully saturated rings. The van der Waals surface area contributed by atoms with Crippen molar-refractivity contribution in [3.8, 4) is 0 Å². The van der Waals surface area contributed by atoms with E-state index in [0.717, 1.165) is 17.6 Å². The second-order valence-electron chi connectivity index (χ2n) is 6.59. The fourth-order valence-corrected chi connectivity index (χ4v) is 2.43. The Kier molecular flexibility index (Phi) is 3.64. The van der Waals surface area contributed by atoms with Crippen molar-refractivity contribution in [2.75, 3.05) is 0 Å². The molecule has 1 aromatic heterocycles. The van der Waals surface area contributed by atoms with Crippen LogP contribution in [0.25, 0.3) is 10.9 Å². The lowest BCUT2D eigenvalue weighted by atomic mass is 9.85. The van der Waals surface area contributed by atoms with Gasteiger partial charge in [0.05, 0.1) is 5.52 Å². The molecule has 19 heavy (non-hydrogen) atoms. The van der Waals surface area contributed by atoms with Crippen LogP contribution in [0.15, 0.2) is 24.3 Å². The average Bonchev–Trinajstić information content (AvgIpc) is 2.26. The summed E-state index contributed by atoms with van der Waals surface area (Å²) in [6, 6.07) is 8.93. The van der Waals surface area contributed by atoms with Gasteiger partial charge in [-0.1, -0.05) is 26.8 Å². The summed E-state index contributed by atoms with van der Waals surface area (Å²) in [5.74, 6) is 0. The van der Waals surface area contributed by atoms with Crippen LogP contribution < -0.4 is 5.73 Å². The first-order valence-corrected chi connectivity index (χ1v) is 6.94. The first kappa shape index (κ1) is 14.0. The highest BCUT2D eigenvalue weighted by Gasteiger charge is 2.15. The monoisotopic (exact) mass is 256 g/mol. The number of hydrogen-bond acceptors (Lipinski definition) is 2. The summed E-state index contributed by atoms with van der Waals surface area (Å²) in [5, 5.41) is 1.25. The first-order chi connectivity index (χ1) is 8.77. The predicted molar refractivity (Wildman–Crippen MR) is 82.5 cm³/mol. The normalized spacial score (nSPS) is 13.8. The predicted octanol–water partition coefficient (Wildman–Crippen LogP) is 3.73. The molecule has 102 valence electrons. The maximum absolute atomic E-state index is 5.97. The van der Waals surface area contributed by atoms with E-state index in [0.29, 0.717) is 0 Å². The number of aryl methyl sites for hydroxylation is 1. The Balaban J connectivity index is 2.65. The Labute approximate surface area is 116 Å². The van der Waals surface area contributed by atoms with Crippen LogP contribution in [0.1, 0.15) is 44.5 Å². The Morgan fingerprint density at radius 1 is 1.21 bits per heavy atom. The van der Waals surface area contributed by atoms with Gasteiger partial charge in [0.2, 0.25) is 0 Å². The van der Waals surface area contributed by atoms with Crippen LogP contribution in [0, 0.1) is 6.92 Å². The van der Waals surface area contributed by atoms with E-state index in [2.05, 4.69) is 56.9 Å². The molecule has 0 aliphatic rings. The van der Waals surface area contributed by atoms with Gasteiger partial charge in [0.1, 0.15) is 0 Å². The van der Waals surface area contributed by atoms with Crippen LogP contribution in [0.5, 0.6) is 0 Å². The van der Waals surface area contributed by atoms with Gasteiger partial charge in [-0.15, -0.1) is 0 Å². The van der Waals surface area contributed by atoms with E-state index in [9.17, 15) is 0 Å². The van der Waals surface area contributed by atoms with Gasteiger partial charge in [-0.3, -0.25) is 4.98 Å². The number of benzene rings is 1. The zero-order chi connectivity index (χ0) is 14.2. The van der Waals surface area contributed by atoms with Crippen LogP contribution in [-0.4, -0.2) is 11.0 Å². The molecule has 1 aromatic carbocycles. The van der Waals surface area contributed by atoms with Crippen LogP contribution in [0.4, 0.5) is 0 Å². The molecular formula is C17H24N2. The third kappa shape index (κ3) is 3.13. The number of hydrogen-bond donors (Lipinski definition) is 1. The average molecular weight is 256 g/mol. The summed E-state index contributed by atoms with van der Waals surface area (Å²) in [7, 11) is 0. The zero-order valence-corrected chi connectivity index (χ0v) is 12.6. The molecule has 1 unspecified atom stereocenters. The van der Waals surface area contributed by atoms with Gasteiger partial charge in [-0.2, -0.15) is 0 Å². The molecule has 0 spiro atoms. The SMILES string of the molecule is Cc1cc(CC(C)N)c2cc(C(C)(C)C)ccc2n1. The van der Waals surface area contributed by atoms with Crippen molar-refractivity contribution in [1.29, 1.82) is 0 Å².